The molecule has 14 atom stereocenters. The topological polar surface area (TPSA) is 116 Å². The molecular formula is C48H34F16N4O4. The Morgan fingerprint density at radius 1 is 0.333 bits per heavy atom. The number of halogens is 16. The standard InChI is InChI=1S/C48H34F16N4O4/c49-29-21-17-9-65-45(69)13-3-1-4-14(7-13)46(70)66-10-18-23-27(35(55)43(63)39(59)31(23)51)20(28-24(18)32(52)40(60)44(64)36(28)56)12-68-48(72)16-6-2-5-15(8-16)47(71)67-11-19(25(21)33(53)41(61)37(29)57)26-22(17)30(50)38(58)42(62)34(26)54/h1-8,17,19,21-22,25-26,29-30,33-34,37-38,41-42H,9-12H2,(H,65,69)(H,66,70)(H,67,71)(H,68,72)/t17?,19?,21-,22+,25+,26?,29-,30+,33+,34-,37-,38+,41+,42-/m0/s1. The van der Waals surface area contributed by atoms with E-state index in [4.69, 9.17) is 0 Å². The number of nitrogens with one attached hydrogen (secondary N) is 4. The Morgan fingerprint density at radius 3 is 0.819 bits per heavy atom. The molecule has 8 bridgehead atoms. The molecule has 1 heterocycles. The Kier molecular flexibility index (Phi) is 13.1. The van der Waals surface area contributed by atoms with Crippen LogP contribution in [-0.4, -0.2) is 86.1 Å². The Balaban J connectivity index is 1.20. The van der Waals surface area contributed by atoms with Crippen molar-refractivity contribution in [1.29, 1.82) is 0 Å². The van der Waals surface area contributed by atoms with E-state index in [1.807, 2.05) is 0 Å². The van der Waals surface area contributed by atoms with E-state index in [9.17, 15) is 19.2 Å². The first-order valence-electron chi connectivity index (χ1n) is 22.0. The highest BCUT2D eigenvalue weighted by molar-refractivity contribution is 6.08. The number of rotatable bonds is 0. The molecule has 0 aromatic heterocycles. The summed E-state index contributed by atoms with van der Waals surface area (Å²) < 4.78 is 250. The van der Waals surface area contributed by atoms with Gasteiger partial charge in [-0.2, -0.15) is 0 Å². The van der Waals surface area contributed by atoms with E-state index >= 15 is 70.2 Å². The Morgan fingerprint density at radius 2 is 0.569 bits per heavy atom. The Bertz CT molecular complexity index is 2770. The molecule has 4 N–H and O–H groups in total. The quantitative estimate of drug-likeness (QED) is 0.0537. The average molecular weight is 1030 g/mol. The SMILES string of the molecule is O=C1NCc2c3c(F)c(F)c(F)c(F)c3c(c3c(F)c(F)c(F)c(F)c23)CNC(=O)c2cccc(c2)C(=O)NCC2C3[C@@H](C(CNC(=O)c4cccc1c4)[C@@H]1[C@H](F)[C@H](F)[C@H](F)[C@H](F)[C@H]21)[C@@H](F)[C@@H](F)[C@@H](F)[C@H]3F. The van der Waals surface area contributed by atoms with Gasteiger partial charge in [-0.1, -0.05) is 12.1 Å². The van der Waals surface area contributed by atoms with Crippen LogP contribution in [0.3, 0.4) is 0 Å². The molecule has 3 aliphatic carbocycles. The van der Waals surface area contributed by atoms with Gasteiger partial charge in [0.2, 0.25) is 0 Å². The lowest BCUT2D eigenvalue weighted by Gasteiger charge is -2.59. The second-order valence-electron chi connectivity index (χ2n) is 18.1. The fourth-order valence-electron chi connectivity index (χ4n) is 11.3. The minimum Gasteiger partial charge on any atom is -0.352 e. The maximum atomic E-state index is 16.3. The van der Waals surface area contributed by atoms with Crippen molar-refractivity contribution < 1.29 is 89.4 Å². The third kappa shape index (κ3) is 7.84. The van der Waals surface area contributed by atoms with Crippen LogP contribution in [0.2, 0.25) is 0 Å². The number of hydrogen-bond donors (Lipinski definition) is 4. The number of carbonyl (C=O) groups excluding carboxylic acids is 4. The number of fused-ring (bicyclic) bond motifs is 10. The van der Waals surface area contributed by atoms with Gasteiger partial charge in [-0.25, -0.2) is 70.2 Å². The molecular weight excluding hydrogens is 1000 g/mol. The third-order valence-electron chi connectivity index (χ3n) is 14.5. The van der Waals surface area contributed by atoms with Gasteiger partial charge in [-0.15, -0.1) is 0 Å². The van der Waals surface area contributed by atoms with Crippen LogP contribution in [0.25, 0.3) is 21.5 Å². The van der Waals surface area contributed by atoms with Crippen LogP contribution in [0.4, 0.5) is 70.2 Å². The summed E-state index contributed by atoms with van der Waals surface area (Å²) in [4.78, 5) is 54.8. The predicted molar refractivity (Wildman–Crippen MR) is 221 cm³/mol. The maximum absolute atomic E-state index is 16.3. The molecule has 4 amide bonds. The van der Waals surface area contributed by atoms with E-state index in [2.05, 4.69) is 21.3 Å². The van der Waals surface area contributed by atoms with Crippen LogP contribution >= 0.6 is 0 Å². The zero-order valence-electron chi connectivity index (χ0n) is 36.2. The molecule has 3 unspecified atom stereocenters. The van der Waals surface area contributed by atoms with Gasteiger partial charge in [0.1, 0.15) is 24.7 Å². The average Bonchev–Trinajstić information content (AvgIpc) is 3.38. The van der Waals surface area contributed by atoms with Gasteiger partial charge in [0.25, 0.3) is 23.6 Å². The number of alkyl halides is 8. The summed E-state index contributed by atoms with van der Waals surface area (Å²) in [6.07, 6.45) is -25.1. The predicted octanol–water partition coefficient (Wildman–Crippen LogP) is 8.88. The zero-order valence-corrected chi connectivity index (χ0v) is 36.2. The summed E-state index contributed by atoms with van der Waals surface area (Å²) in [5.41, 5.74) is -4.60. The first-order valence-corrected chi connectivity index (χ1v) is 22.0. The molecule has 1 aliphatic heterocycles. The minimum atomic E-state index is -3.24. The third-order valence-corrected chi connectivity index (χ3v) is 14.5. The Labute approximate surface area is 394 Å². The molecule has 0 spiro atoms. The normalized spacial score (nSPS) is 31.4. The van der Waals surface area contributed by atoms with Crippen LogP contribution in [0.1, 0.15) is 52.6 Å². The molecule has 72 heavy (non-hydrogen) atoms. The molecule has 5 aromatic carbocycles. The lowest BCUT2D eigenvalue weighted by Crippen LogP contribution is -2.69. The summed E-state index contributed by atoms with van der Waals surface area (Å²) in [7, 11) is 0. The summed E-state index contributed by atoms with van der Waals surface area (Å²) in [6.45, 7) is -4.89. The van der Waals surface area contributed by atoms with Gasteiger partial charge in [0.15, 0.2) is 71.2 Å². The fraction of sp³-hybridized carbons (Fsp3) is 0.375. The lowest BCUT2D eigenvalue weighted by atomic mass is 9.48. The van der Waals surface area contributed by atoms with Crippen molar-refractivity contribution in [1.82, 2.24) is 21.3 Å². The van der Waals surface area contributed by atoms with E-state index in [0.29, 0.717) is 0 Å². The summed E-state index contributed by atoms with van der Waals surface area (Å²) in [6, 6.07) is 7.60. The fourth-order valence-corrected chi connectivity index (χ4v) is 11.3. The largest absolute Gasteiger partial charge is 0.352 e. The van der Waals surface area contributed by atoms with Crippen molar-refractivity contribution in [3.63, 3.8) is 0 Å². The van der Waals surface area contributed by atoms with Gasteiger partial charge in [-0.05, 0) is 59.4 Å². The van der Waals surface area contributed by atoms with Crippen molar-refractivity contribution in [2.45, 2.75) is 62.5 Å². The highest BCUT2D eigenvalue weighted by Gasteiger charge is 2.68. The molecule has 0 saturated heterocycles. The van der Waals surface area contributed by atoms with Gasteiger partial charge in [0, 0.05) is 93.6 Å². The van der Waals surface area contributed by atoms with E-state index in [-0.39, 0.29) is 0 Å². The van der Waals surface area contributed by atoms with E-state index < -0.39 is 236 Å². The summed E-state index contributed by atoms with van der Waals surface area (Å²) in [5, 5.41) is 2.69. The lowest BCUT2D eigenvalue weighted by molar-refractivity contribution is -0.208. The number of hydrogen-bond acceptors (Lipinski definition) is 4. The first-order chi connectivity index (χ1) is 34.1. The van der Waals surface area contributed by atoms with E-state index in [0.717, 1.165) is 48.5 Å². The smallest absolute Gasteiger partial charge is 0.251 e. The monoisotopic (exact) mass is 1030 g/mol. The van der Waals surface area contributed by atoms with Crippen LogP contribution in [0.5, 0.6) is 0 Å². The van der Waals surface area contributed by atoms with Crippen LogP contribution in [0.15, 0.2) is 48.5 Å². The molecule has 382 valence electrons. The van der Waals surface area contributed by atoms with Crippen molar-refractivity contribution >= 4 is 45.2 Å². The van der Waals surface area contributed by atoms with E-state index in [1.165, 1.54) is 0 Å². The van der Waals surface area contributed by atoms with Crippen molar-refractivity contribution in [2.75, 3.05) is 13.1 Å². The molecule has 0 radical (unpaired) electrons. The van der Waals surface area contributed by atoms with Crippen LogP contribution in [0, 0.1) is 82.0 Å². The molecule has 5 aromatic rings. The van der Waals surface area contributed by atoms with Crippen LogP contribution in [-0.2, 0) is 13.1 Å². The van der Waals surface area contributed by atoms with Crippen molar-refractivity contribution in [2.24, 2.45) is 35.5 Å². The second-order valence-corrected chi connectivity index (χ2v) is 18.1. The van der Waals surface area contributed by atoms with Crippen molar-refractivity contribution in [3.8, 4) is 0 Å². The van der Waals surface area contributed by atoms with Gasteiger partial charge < -0.3 is 21.3 Å². The first kappa shape index (κ1) is 50.3. The molecule has 9 rings (SSSR count). The summed E-state index contributed by atoms with van der Waals surface area (Å²) >= 11 is 0. The van der Waals surface area contributed by atoms with Crippen molar-refractivity contribution in [3.05, 3.63) is 128 Å². The number of benzene rings is 5. The number of carbonyl (C=O) groups is 4. The van der Waals surface area contributed by atoms with Gasteiger partial charge in [0.05, 0.1) is 0 Å². The maximum Gasteiger partial charge on any atom is 0.251 e. The van der Waals surface area contributed by atoms with E-state index in [1.54, 1.807) is 0 Å². The highest BCUT2D eigenvalue weighted by atomic mass is 19.2. The molecule has 24 heteroatoms. The molecule has 3 fully saturated rings. The van der Waals surface area contributed by atoms with Gasteiger partial charge >= 0.3 is 0 Å². The minimum absolute atomic E-state index is 0.525. The molecule has 8 nitrogen and oxygen atoms in total. The van der Waals surface area contributed by atoms with Crippen LogP contribution < -0.4 is 21.3 Å². The Hall–Kier alpha value is -6.62. The number of amides is 4. The second kappa shape index (κ2) is 18.8. The molecule has 4 aliphatic rings. The zero-order chi connectivity index (χ0) is 52.1. The summed E-state index contributed by atoms with van der Waals surface area (Å²) in [5.74, 6) is -37.5. The van der Waals surface area contributed by atoms with Gasteiger partial charge in [-0.3, -0.25) is 19.2 Å². The highest BCUT2D eigenvalue weighted by Crippen LogP contribution is 2.59. The molecule has 3 saturated carbocycles.